The van der Waals surface area contributed by atoms with Crippen LogP contribution in [0, 0.1) is 23.2 Å². The number of aromatic amines is 2. The first-order valence-corrected chi connectivity index (χ1v) is 21.8. The number of alkyl carbamates (subject to hydrolysis) is 2. The van der Waals surface area contributed by atoms with Crippen LogP contribution in [0.1, 0.15) is 77.1 Å². The number of likely N-dealkylation sites (tertiary alicyclic amines) is 2. The third-order valence-corrected chi connectivity index (χ3v) is 13.1. The summed E-state index contributed by atoms with van der Waals surface area (Å²) in [5.41, 5.74) is 5.96. The minimum absolute atomic E-state index is 0.109. The Morgan fingerprint density at radius 3 is 1.76 bits per heavy atom. The van der Waals surface area contributed by atoms with Crippen LogP contribution < -0.4 is 10.6 Å². The van der Waals surface area contributed by atoms with Crippen molar-refractivity contribution in [1.82, 2.24) is 40.4 Å². The van der Waals surface area contributed by atoms with E-state index in [9.17, 15) is 19.2 Å². The number of amides is 4. The summed E-state index contributed by atoms with van der Waals surface area (Å²) < 4.78 is 15.1. The van der Waals surface area contributed by atoms with Crippen molar-refractivity contribution in [3.05, 3.63) is 84.7 Å². The molecule has 3 fully saturated rings. The lowest BCUT2D eigenvalue weighted by Gasteiger charge is -2.30. The van der Waals surface area contributed by atoms with E-state index in [1.165, 1.54) is 14.2 Å². The number of hydrogen-bond acceptors (Lipinski definition) is 9. The molecule has 8 rings (SSSR count). The molecule has 15 heteroatoms. The number of nitrogens with one attached hydrogen (secondary N) is 4. The van der Waals surface area contributed by atoms with Gasteiger partial charge in [-0.15, -0.1) is 0 Å². The number of ether oxygens (including phenoxy) is 3. The van der Waals surface area contributed by atoms with Crippen molar-refractivity contribution in [3.8, 4) is 33.6 Å². The second-order valence-electron chi connectivity index (χ2n) is 18.2. The lowest BCUT2D eigenvalue weighted by molar-refractivity contribution is -0.136. The van der Waals surface area contributed by atoms with Gasteiger partial charge in [0.2, 0.25) is 11.8 Å². The monoisotopic (exact) mass is 858 g/mol. The number of carbonyl (C=O) groups is 4. The van der Waals surface area contributed by atoms with Gasteiger partial charge in [0.1, 0.15) is 23.7 Å². The SMILES string of the molecule is COCC1CC(c2ncc(-c3ccc(-c4ccc5cc(-c6cnc(C7CC8(CC8)CN7C(=O)C(NC(=O)OC)C(C)C)[nH]6)ccc5c4)cc3)[nH]2)N(C(=O)C(NC(=O)OC)C(C)C)C1. The smallest absolute Gasteiger partial charge is 0.407 e. The molecule has 0 radical (unpaired) electrons. The van der Waals surface area contributed by atoms with Crippen molar-refractivity contribution < 1.29 is 33.4 Å². The molecule has 4 amide bonds. The number of fused-ring (bicyclic) bond motifs is 1. The van der Waals surface area contributed by atoms with E-state index in [1.54, 1.807) is 18.2 Å². The summed E-state index contributed by atoms with van der Waals surface area (Å²) in [5.74, 6) is 1.02. The number of benzene rings is 3. The molecule has 4 heterocycles. The molecule has 3 aliphatic rings. The maximum Gasteiger partial charge on any atom is 0.407 e. The van der Waals surface area contributed by atoms with E-state index in [4.69, 9.17) is 24.2 Å². The van der Waals surface area contributed by atoms with E-state index in [0.29, 0.717) is 31.9 Å². The number of H-pyrrole nitrogens is 2. The molecular weight excluding hydrogens is 801 g/mol. The Labute approximate surface area is 367 Å². The van der Waals surface area contributed by atoms with E-state index in [1.807, 2.05) is 38.8 Å². The summed E-state index contributed by atoms with van der Waals surface area (Å²) >= 11 is 0. The first-order chi connectivity index (χ1) is 30.3. The van der Waals surface area contributed by atoms with Crippen molar-refractivity contribution >= 4 is 34.8 Å². The first-order valence-electron chi connectivity index (χ1n) is 21.8. The maximum absolute atomic E-state index is 13.9. The Morgan fingerprint density at radius 1 is 0.698 bits per heavy atom. The number of hydrogen-bond donors (Lipinski definition) is 4. The summed E-state index contributed by atoms with van der Waals surface area (Å²) in [5, 5.41) is 7.66. The molecule has 15 nitrogen and oxygen atoms in total. The molecule has 332 valence electrons. The summed E-state index contributed by atoms with van der Waals surface area (Å²) in [7, 11) is 4.25. The fourth-order valence-electron chi connectivity index (χ4n) is 9.35. The van der Waals surface area contributed by atoms with E-state index < -0.39 is 24.3 Å². The Bertz CT molecular complexity index is 2470. The van der Waals surface area contributed by atoms with Gasteiger partial charge in [-0.05, 0) is 82.5 Å². The standard InChI is InChI=1S/C48H58N8O7/c1-27(2)40(53-46(59)62-6)44(57)55-24-29(25-61-5)18-38(55)42-49-22-36(51-42)31-10-8-30(9-11-31)32-12-13-34-20-35(15-14-33(34)19-32)37-23-50-43(52-37)39-21-48(16-17-48)26-56(39)45(58)41(28(3)4)54-47(60)63-7/h8-15,19-20,22-23,27-29,38-41H,16-18,21,24-26H2,1-7H3,(H,49,51)(H,50,52)(H,53,59)(H,54,60). The van der Waals surface area contributed by atoms with Gasteiger partial charge >= 0.3 is 12.2 Å². The van der Waals surface area contributed by atoms with Crippen molar-refractivity contribution in [2.45, 2.75) is 77.5 Å². The van der Waals surface area contributed by atoms with Crippen LogP contribution in [0.3, 0.4) is 0 Å². The molecular formula is C48H58N8O7. The van der Waals surface area contributed by atoms with Crippen LogP contribution in [0.25, 0.3) is 44.4 Å². The first kappa shape index (κ1) is 43.4. The minimum atomic E-state index is -0.739. The number of rotatable bonds is 13. The van der Waals surface area contributed by atoms with Gasteiger partial charge in [-0.1, -0.05) is 76.2 Å². The van der Waals surface area contributed by atoms with Crippen LogP contribution in [0.15, 0.2) is 73.1 Å². The molecule has 1 spiro atoms. The summed E-state index contributed by atoms with van der Waals surface area (Å²) in [6, 6.07) is 19.2. The second-order valence-corrected chi connectivity index (χ2v) is 18.2. The van der Waals surface area contributed by atoms with Crippen LogP contribution in [0.2, 0.25) is 0 Å². The zero-order valence-corrected chi connectivity index (χ0v) is 37.1. The van der Waals surface area contributed by atoms with E-state index in [-0.39, 0.29) is 47.1 Å². The van der Waals surface area contributed by atoms with E-state index in [2.05, 4.69) is 81.3 Å². The number of aromatic nitrogens is 4. The molecule has 2 saturated heterocycles. The fraction of sp³-hybridized carbons (Fsp3) is 0.458. The molecule has 1 saturated carbocycles. The predicted octanol–water partition coefficient (Wildman–Crippen LogP) is 7.64. The third kappa shape index (κ3) is 9.01. The lowest BCUT2D eigenvalue weighted by atomic mass is 9.98. The third-order valence-electron chi connectivity index (χ3n) is 13.1. The minimum Gasteiger partial charge on any atom is -0.453 e. The fourth-order valence-corrected chi connectivity index (χ4v) is 9.35. The Hall–Kier alpha value is -6.22. The highest BCUT2D eigenvalue weighted by atomic mass is 16.5. The van der Waals surface area contributed by atoms with Crippen molar-refractivity contribution in [2.75, 3.05) is 41.0 Å². The summed E-state index contributed by atoms with van der Waals surface area (Å²) in [6.45, 7) is 9.30. The molecule has 5 aromatic rings. The Balaban J connectivity index is 0.963. The molecule has 0 bridgehead atoms. The molecule has 3 aromatic carbocycles. The van der Waals surface area contributed by atoms with E-state index in [0.717, 1.165) is 69.5 Å². The highest BCUT2D eigenvalue weighted by molar-refractivity contribution is 5.91. The number of methoxy groups -OCH3 is 3. The zero-order chi connectivity index (χ0) is 44.6. The number of nitrogens with zero attached hydrogens (tertiary/aromatic N) is 4. The van der Waals surface area contributed by atoms with Gasteiger partial charge in [-0.25, -0.2) is 19.6 Å². The predicted molar refractivity (Wildman–Crippen MR) is 238 cm³/mol. The molecule has 63 heavy (non-hydrogen) atoms. The normalized spacial score (nSPS) is 20.0. The highest BCUT2D eigenvalue weighted by Gasteiger charge is 2.55. The average Bonchev–Trinajstić information content (AvgIpc) is 3.78. The topological polar surface area (TPSA) is 184 Å². The Kier molecular flexibility index (Phi) is 12.3. The average molecular weight is 859 g/mol. The lowest BCUT2D eigenvalue weighted by Crippen LogP contribution is -2.51. The molecule has 5 atom stereocenters. The molecule has 2 aliphatic heterocycles. The number of carbonyl (C=O) groups excluding carboxylic acids is 4. The van der Waals surface area contributed by atoms with Crippen molar-refractivity contribution in [1.29, 1.82) is 0 Å². The van der Waals surface area contributed by atoms with Gasteiger partial charge in [-0.2, -0.15) is 0 Å². The van der Waals surface area contributed by atoms with Crippen LogP contribution in [-0.2, 0) is 23.8 Å². The number of imidazole rings is 2. The van der Waals surface area contributed by atoms with Gasteiger partial charge in [0.15, 0.2) is 0 Å². The molecule has 1 aliphatic carbocycles. The van der Waals surface area contributed by atoms with Crippen molar-refractivity contribution in [2.24, 2.45) is 23.2 Å². The molecule has 4 N–H and O–H groups in total. The van der Waals surface area contributed by atoms with Crippen LogP contribution in [0.5, 0.6) is 0 Å². The zero-order valence-electron chi connectivity index (χ0n) is 37.1. The second kappa shape index (κ2) is 17.9. The summed E-state index contributed by atoms with van der Waals surface area (Å²) in [6.07, 6.45) is 6.08. The van der Waals surface area contributed by atoms with Gasteiger partial charge in [0.05, 0.1) is 56.7 Å². The van der Waals surface area contributed by atoms with Crippen molar-refractivity contribution in [3.63, 3.8) is 0 Å². The van der Waals surface area contributed by atoms with Crippen LogP contribution >= 0.6 is 0 Å². The van der Waals surface area contributed by atoms with Gasteiger partial charge in [0.25, 0.3) is 0 Å². The van der Waals surface area contributed by atoms with E-state index >= 15 is 0 Å². The highest BCUT2D eigenvalue weighted by Crippen LogP contribution is 2.58. The van der Waals surface area contributed by atoms with Gasteiger partial charge in [-0.3, -0.25) is 9.59 Å². The van der Waals surface area contributed by atoms with Gasteiger partial charge in [0, 0.05) is 31.7 Å². The summed E-state index contributed by atoms with van der Waals surface area (Å²) in [4.78, 5) is 72.3. The largest absolute Gasteiger partial charge is 0.453 e. The Morgan fingerprint density at radius 2 is 1.21 bits per heavy atom. The van der Waals surface area contributed by atoms with Crippen LogP contribution in [-0.4, -0.2) is 107 Å². The quantitative estimate of drug-likeness (QED) is 0.0925. The molecule has 5 unspecified atom stereocenters. The molecule has 2 aromatic heterocycles. The van der Waals surface area contributed by atoms with Crippen LogP contribution in [0.4, 0.5) is 9.59 Å². The maximum atomic E-state index is 13.9. The van der Waals surface area contributed by atoms with Gasteiger partial charge < -0.3 is 44.6 Å².